The average molecular weight is 422 g/mol. The van der Waals surface area contributed by atoms with Crippen molar-refractivity contribution in [3.8, 4) is 0 Å². The topological polar surface area (TPSA) is 62.7 Å². The van der Waals surface area contributed by atoms with Gasteiger partial charge >= 0.3 is 0 Å². The van der Waals surface area contributed by atoms with Crippen LogP contribution in [0.1, 0.15) is 12.0 Å². The molecule has 2 heterocycles. The Morgan fingerprint density at radius 2 is 1.82 bits per heavy atom. The summed E-state index contributed by atoms with van der Waals surface area (Å²) < 4.78 is 32.4. The van der Waals surface area contributed by atoms with Gasteiger partial charge in [-0.3, -0.25) is 4.90 Å². The monoisotopic (exact) mass is 421 g/mol. The largest absolute Gasteiger partial charge is 0.385 e. The highest BCUT2D eigenvalue weighted by molar-refractivity contribution is 7.99. The maximum atomic E-state index is 12.9. The van der Waals surface area contributed by atoms with E-state index in [1.165, 1.54) is 11.8 Å². The fourth-order valence-corrected chi connectivity index (χ4v) is 5.23. The molecule has 3 rings (SSSR count). The minimum atomic E-state index is -3.49. The Balaban J connectivity index is 1.53. The minimum absolute atomic E-state index is 0.269. The third kappa shape index (κ3) is 5.78. The zero-order chi connectivity index (χ0) is 19.8. The van der Waals surface area contributed by atoms with Crippen LogP contribution in [-0.2, 0) is 21.3 Å². The van der Waals surface area contributed by atoms with Gasteiger partial charge in [-0.05, 0) is 24.1 Å². The van der Waals surface area contributed by atoms with Crippen molar-refractivity contribution >= 4 is 21.8 Å². The molecule has 1 aliphatic heterocycles. The van der Waals surface area contributed by atoms with Crippen LogP contribution >= 0.6 is 11.8 Å². The average Bonchev–Trinajstić information content (AvgIpc) is 2.73. The number of nitrogens with zero attached hydrogens (tertiary/aromatic N) is 3. The quantitative estimate of drug-likeness (QED) is 0.458. The van der Waals surface area contributed by atoms with Gasteiger partial charge in [0, 0.05) is 58.4 Å². The van der Waals surface area contributed by atoms with Gasteiger partial charge in [-0.15, -0.1) is 11.8 Å². The lowest BCUT2D eigenvalue weighted by atomic mass is 10.2. The molecule has 0 atom stereocenters. The summed E-state index contributed by atoms with van der Waals surface area (Å²) in [6, 6.07) is 13.7. The third-order valence-corrected chi connectivity index (χ3v) is 7.58. The predicted molar refractivity (Wildman–Crippen MR) is 112 cm³/mol. The van der Waals surface area contributed by atoms with Gasteiger partial charge in [0.15, 0.2) is 0 Å². The molecule has 1 fully saturated rings. The van der Waals surface area contributed by atoms with Crippen LogP contribution < -0.4 is 0 Å². The van der Waals surface area contributed by atoms with E-state index in [9.17, 15) is 8.42 Å². The molecule has 0 spiro atoms. The number of thioether (sulfide) groups is 1. The highest BCUT2D eigenvalue weighted by atomic mass is 32.2. The summed E-state index contributed by atoms with van der Waals surface area (Å²) in [7, 11) is -1.80. The second-order valence-corrected chi connectivity index (χ2v) is 9.75. The van der Waals surface area contributed by atoms with Gasteiger partial charge in [0.25, 0.3) is 0 Å². The first kappa shape index (κ1) is 21.3. The molecule has 0 radical (unpaired) electrons. The van der Waals surface area contributed by atoms with Crippen molar-refractivity contribution < 1.29 is 13.2 Å². The molecule has 0 N–H and O–H groups in total. The van der Waals surface area contributed by atoms with Gasteiger partial charge in [0.05, 0.1) is 5.03 Å². The minimum Gasteiger partial charge on any atom is -0.385 e. The Morgan fingerprint density at radius 3 is 2.46 bits per heavy atom. The van der Waals surface area contributed by atoms with Gasteiger partial charge in [-0.1, -0.05) is 30.3 Å². The first-order valence-corrected chi connectivity index (χ1v) is 11.9. The van der Waals surface area contributed by atoms with Gasteiger partial charge in [0.1, 0.15) is 4.90 Å². The smallest absolute Gasteiger partial charge is 0.244 e. The van der Waals surface area contributed by atoms with E-state index in [4.69, 9.17) is 4.74 Å². The van der Waals surface area contributed by atoms with E-state index < -0.39 is 10.0 Å². The molecule has 0 amide bonds. The molecule has 28 heavy (non-hydrogen) atoms. The molecule has 152 valence electrons. The molecule has 1 saturated heterocycles. The Bertz CT molecular complexity index is 822. The molecule has 1 aliphatic rings. The maximum absolute atomic E-state index is 12.9. The lowest BCUT2D eigenvalue weighted by Crippen LogP contribution is -2.48. The van der Waals surface area contributed by atoms with E-state index in [-0.39, 0.29) is 4.90 Å². The Labute approximate surface area is 172 Å². The Morgan fingerprint density at radius 1 is 1.07 bits per heavy atom. The first-order valence-electron chi connectivity index (χ1n) is 9.44. The summed E-state index contributed by atoms with van der Waals surface area (Å²) >= 11 is 1.61. The molecule has 0 saturated carbocycles. The molecular weight excluding hydrogens is 394 g/mol. The predicted octanol–water partition coefficient (Wildman–Crippen LogP) is 2.72. The molecule has 0 bridgehead atoms. The molecule has 6 nitrogen and oxygen atoms in total. The molecular formula is C20H27N3O3S2. The van der Waals surface area contributed by atoms with Crippen molar-refractivity contribution in [2.75, 3.05) is 45.6 Å². The fourth-order valence-electron chi connectivity index (χ4n) is 3.10. The van der Waals surface area contributed by atoms with Crippen molar-refractivity contribution in [3.05, 3.63) is 54.2 Å². The molecule has 1 aromatic carbocycles. The van der Waals surface area contributed by atoms with Crippen molar-refractivity contribution in [1.82, 2.24) is 14.2 Å². The second-order valence-electron chi connectivity index (χ2n) is 6.69. The van der Waals surface area contributed by atoms with Crippen molar-refractivity contribution in [3.63, 3.8) is 0 Å². The van der Waals surface area contributed by atoms with E-state index >= 15 is 0 Å². The lowest BCUT2D eigenvalue weighted by Gasteiger charge is -2.33. The van der Waals surface area contributed by atoms with Gasteiger partial charge < -0.3 is 4.74 Å². The van der Waals surface area contributed by atoms with E-state index in [0.717, 1.165) is 43.4 Å². The van der Waals surface area contributed by atoms with E-state index in [0.29, 0.717) is 13.1 Å². The number of methoxy groups -OCH3 is 1. The first-order chi connectivity index (χ1) is 13.6. The maximum Gasteiger partial charge on any atom is 0.244 e. The summed E-state index contributed by atoms with van der Waals surface area (Å²) in [5.41, 5.74) is 1.25. The second kappa shape index (κ2) is 10.4. The number of rotatable bonds is 9. The summed E-state index contributed by atoms with van der Waals surface area (Å²) in [5.74, 6) is 0.899. The standard InChI is InChI=1S/C20H27N3O3S2/c1-26-14-5-15-27-20-9-8-19(16-21-20)28(24,25)23-12-10-22(11-13-23)17-18-6-3-2-4-7-18/h2-4,6-9,16H,5,10-15,17H2,1H3. The van der Waals surface area contributed by atoms with Crippen molar-refractivity contribution in [2.45, 2.75) is 22.9 Å². The molecule has 0 aliphatic carbocycles. The highest BCUT2D eigenvalue weighted by Crippen LogP contribution is 2.21. The molecule has 0 unspecified atom stereocenters. The fraction of sp³-hybridized carbons (Fsp3) is 0.450. The molecule has 2 aromatic rings. The lowest BCUT2D eigenvalue weighted by molar-refractivity contribution is 0.181. The van der Waals surface area contributed by atoms with Gasteiger partial charge in [0.2, 0.25) is 10.0 Å². The number of sulfonamides is 1. The van der Waals surface area contributed by atoms with E-state index in [1.54, 1.807) is 35.3 Å². The van der Waals surface area contributed by atoms with Crippen molar-refractivity contribution in [2.24, 2.45) is 0 Å². The number of benzene rings is 1. The van der Waals surface area contributed by atoms with Crippen LogP contribution in [0.4, 0.5) is 0 Å². The van der Waals surface area contributed by atoms with Crippen LogP contribution in [0, 0.1) is 0 Å². The number of hydrogen-bond donors (Lipinski definition) is 0. The zero-order valence-corrected chi connectivity index (χ0v) is 17.8. The number of ether oxygens (including phenoxy) is 1. The van der Waals surface area contributed by atoms with Crippen LogP contribution in [0.2, 0.25) is 0 Å². The number of hydrogen-bond acceptors (Lipinski definition) is 6. The Hall–Kier alpha value is -1.45. The zero-order valence-electron chi connectivity index (χ0n) is 16.2. The van der Waals surface area contributed by atoms with Crippen LogP contribution in [0.25, 0.3) is 0 Å². The van der Waals surface area contributed by atoms with Crippen LogP contribution in [0.3, 0.4) is 0 Å². The summed E-state index contributed by atoms with van der Waals surface area (Å²) in [5, 5.41) is 0.836. The van der Waals surface area contributed by atoms with Crippen LogP contribution in [0.5, 0.6) is 0 Å². The number of aromatic nitrogens is 1. The van der Waals surface area contributed by atoms with Crippen molar-refractivity contribution in [1.29, 1.82) is 0 Å². The van der Waals surface area contributed by atoms with E-state index in [1.807, 2.05) is 18.2 Å². The number of pyridine rings is 1. The summed E-state index contributed by atoms with van der Waals surface area (Å²) in [4.78, 5) is 6.87. The summed E-state index contributed by atoms with van der Waals surface area (Å²) in [6.07, 6.45) is 2.42. The van der Waals surface area contributed by atoms with Crippen LogP contribution in [-0.4, -0.2) is 68.3 Å². The number of piperazine rings is 1. The molecule has 8 heteroatoms. The SMILES string of the molecule is COCCCSc1ccc(S(=O)(=O)N2CCN(Cc3ccccc3)CC2)cn1. The highest BCUT2D eigenvalue weighted by Gasteiger charge is 2.28. The van der Waals surface area contributed by atoms with E-state index in [2.05, 4.69) is 22.0 Å². The summed E-state index contributed by atoms with van der Waals surface area (Å²) in [6.45, 7) is 4.04. The van der Waals surface area contributed by atoms with Gasteiger partial charge in [-0.2, -0.15) is 4.31 Å². The Kier molecular flexibility index (Phi) is 7.87. The third-order valence-electron chi connectivity index (χ3n) is 4.67. The molecule has 1 aromatic heterocycles. The van der Waals surface area contributed by atoms with Gasteiger partial charge in [-0.25, -0.2) is 13.4 Å². The normalized spacial score (nSPS) is 16.3. The van der Waals surface area contributed by atoms with Crippen LogP contribution in [0.15, 0.2) is 58.6 Å².